The second-order valence-electron chi connectivity index (χ2n) is 5.40. The number of nitrogens with one attached hydrogen (secondary N) is 1. The Labute approximate surface area is 103 Å². The Balaban J connectivity index is 2.54. The van der Waals surface area contributed by atoms with E-state index in [2.05, 4.69) is 5.32 Å². The lowest BCUT2D eigenvalue weighted by Crippen LogP contribution is -2.36. The van der Waals surface area contributed by atoms with Gasteiger partial charge in [-0.2, -0.15) is 0 Å². The maximum Gasteiger partial charge on any atom is 0.324 e. The van der Waals surface area contributed by atoms with E-state index in [-0.39, 0.29) is 23.4 Å². The highest BCUT2D eigenvalue weighted by Gasteiger charge is 2.37. The number of rotatable bonds is 6. The Bertz CT molecular complexity index is 302. The number of hydrogen-bond donors (Lipinski definition) is 2. The summed E-state index contributed by atoms with van der Waals surface area (Å²) in [6.07, 6.45) is 2.33. The summed E-state index contributed by atoms with van der Waals surface area (Å²) in [5, 5.41) is 2.72. The minimum atomic E-state index is -0.325. The molecule has 1 fully saturated rings. The van der Waals surface area contributed by atoms with E-state index in [1.165, 1.54) is 4.90 Å². The number of nitrogens with zero attached hydrogens (tertiary/aromatic N) is 1. The monoisotopic (exact) mass is 241 g/mol. The molecule has 1 aliphatic heterocycles. The third-order valence-corrected chi connectivity index (χ3v) is 3.25. The van der Waals surface area contributed by atoms with Crippen LogP contribution in [0.2, 0.25) is 0 Å². The van der Waals surface area contributed by atoms with E-state index in [9.17, 15) is 9.59 Å². The van der Waals surface area contributed by atoms with Crippen molar-refractivity contribution in [2.75, 3.05) is 13.1 Å². The van der Waals surface area contributed by atoms with E-state index in [0.29, 0.717) is 19.5 Å². The van der Waals surface area contributed by atoms with Crippen LogP contribution in [0.3, 0.4) is 0 Å². The molecule has 1 unspecified atom stereocenters. The SMILES string of the molecule is CCCC1NC(=O)N(CCC(C)(C)CN)C1=O. The number of hydrogen-bond acceptors (Lipinski definition) is 3. The van der Waals surface area contributed by atoms with E-state index in [1.54, 1.807) is 0 Å². The highest BCUT2D eigenvalue weighted by molar-refractivity contribution is 6.04. The number of amides is 3. The van der Waals surface area contributed by atoms with Gasteiger partial charge in [-0.15, -0.1) is 0 Å². The molecule has 3 amide bonds. The van der Waals surface area contributed by atoms with Gasteiger partial charge in [0.15, 0.2) is 0 Å². The lowest BCUT2D eigenvalue weighted by atomic mass is 9.89. The Kier molecular flexibility index (Phi) is 4.51. The number of carbonyl (C=O) groups excluding carboxylic acids is 2. The fourth-order valence-electron chi connectivity index (χ4n) is 1.79. The van der Waals surface area contributed by atoms with Crippen molar-refractivity contribution < 1.29 is 9.59 Å². The van der Waals surface area contributed by atoms with Crippen molar-refractivity contribution in [3.8, 4) is 0 Å². The van der Waals surface area contributed by atoms with Crippen molar-refractivity contribution in [3.05, 3.63) is 0 Å². The average molecular weight is 241 g/mol. The fourth-order valence-corrected chi connectivity index (χ4v) is 1.79. The van der Waals surface area contributed by atoms with Crippen molar-refractivity contribution in [1.29, 1.82) is 0 Å². The van der Waals surface area contributed by atoms with Gasteiger partial charge in [0.25, 0.3) is 5.91 Å². The average Bonchev–Trinajstić information content (AvgIpc) is 2.53. The van der Waals surface area contributed by atoms with Crippen LogP contribution in [0.5, 0.6) is 0 Å². The Morgan fingerprint density at radius 2 is 2.06 bits per heavy atom. The predicted octanol–water partition coefficient (Wildman–Crippen LogP) is 1.08. The van der Waals surface area contributed by atoms with Gasteiger partial charge in [-0.25, -0.2) is 4.79 Å². The maximum absolute atomic E-state index is 11.9. The molecule has 0 saturated carbocycles. The Morgan fingerprint density at radius 1 is 1.41 bits per heavy atom. The molecule has 3 N–H and O–H groups in total. The largest absolute Gasteiger partial charge is 0.330 e. The van der Waals surface area contributed by atoms with Gasteiger partial charge in [0.05, 0.1) is 0 Å². The fraction of sp³-hybridized carbons (Fsp3) is 0.833. The Morgan fingerprint density at radius 3 is 2.59 bits per heavy atom. The molecule has 0 aromatic rings. The molecule has 98 valence electrons. The van der Waals surface area contributed by atoms with Gasteiger partial charge >= 0.3 is 6.03 Å². The molecule has 0 aromatic carbocycles. The number of urea groups is 1. The molecule has 0 spiro atoms. The van der Waals surface area contributed by atoms with Gasteiger partial charge in [-0.3, -0.25) is 9.69 Å². The van der Waals surface area contributed by atoms with Gasteiger partial charge in [0.1, 0.15) is 6.04 Å². The van der Waals surface area contributed by atoms with Crippen molar-refractivity contribution >= 4 is 11.9 Å². The molecule has 1 heterocycles. The quantitative estimate of drug-likeness (QED) is 0.683. The van der Waals surface area contributed by atoms with Crippen LogP contribution in [0, 0.1) is 5.41 Å². The number of carbonyl (C=O) groups is 2. The summed E-state index contributed by atoms with van der Waals surface area (Å²) >= 11 is 0. The van der Waals surface area contributed by atoms with Crippen LogP contribution < -0.4 is 11.1 Å². The van der Waals surface area contributed by atoms with E-state index >= 15 is 0 Å². The topological polar surface area (TPSA) is 75.4 Å². The first-order valence-corrected chi connectivity index (χ1v) is 6.23. The summed E-state index contributed by atoms with van der Waals surface area (Å²) in [7, 11) is 0. The van der Waals surface area contributed by atoms with Crippen molar-refractivity contribution in [2.45, 2.75) is 46.1 Å². The summed E-state index contributed by atoms with van der Waals surface area (Å²) in [6, 6.07) is -0.588. The molecule has 1 aliphatic rings. The van der Waals surface area contributed by atoms with Crippen molar-refractivity contribution in [3.63, 3.8) is 0 Å². The smallest absolute Gasteiger partial charge is 0.324 e. The normalized spacial score (nSPS) is 20.9. The number of imide groups is 1. The van der Waals surface area contributed by atoms with Crippen LogP contribution in [0.4, 0.5) is 4.79 Å². The molecule has 0 radical (unpaired) electrons. The molecule has 1 atom stereocenters. The van der Waals surface area contributed by atoms with Crippen LogP contribution >= 0.6 is 0 Å². The highest BCUT2D eigenvalue weighted by atomic mass is 16.2. The summed E-state index contributed by atoms with van der Waals surface area (Å²) in [4.78, 5) is 24.9. The molecule has 0 bridgehead atoms. The molecular formula is C12H23N3O2. The highest BCUT2D eigenvalue weighted by Crippen LogP contribution is 2.20. The zero-order chi connectivity index (χ0) is 13.1. The molecule has 5 nitrogen and oxygen atoms in total. The molecular weight excluding hydrogens is 218 g/mol. The van der Waals surface area contributed by atoms with E-state index in [4.69, 9.17) is 5.73 Å². The molecule has 17 heavy (non-hydrogen) atoms. The standard InChI is InChI=1S/C12H23N3O2/c1-4-5-9-10(16)15(11(17)14-9)7-6-12(2,3)8-13/h9H,4-8,13H2,1-3H3,(H,14,17). The second kappa shape index (κ2) is 5.49. The number of nitrogens with two attached hydrogens (primary N) is 1. The molecule has 1 rings (SSSR count). The second-order valence-corrected chi connectivity index (χ2v) is 5.40. The van der Waals surface area contributed by atoms with Gasteiger partial charge in [0, 0.05) is 6.54 Å². The molecule has 5 heteroatoms. The van der Waals surface area contributed by atoms with E-state index in [1.807, 2.05) is 20.8 Å². The predicted molar refractivity (Wildman–Crippen MR) is 66.4 cm³/mol. The van der Waals surface area contributed by atoms with Crippen LogP contribution in [-0.4, -0.2) is 36.0 Å². The minimum absolute atomic E-state index is 0.0383. The van der Waals surface area contributed by atoms with E-state index in [0.717, 1.165) is 12.8 Å². The molecule has 1 saturated heterocycles. The van der Waals surface area contributed by atoms with Crippen molar-refractivity contribution in [1.82, 2.24) is 10.2 Å². The summed E-state index contributed by atoms with van der Waals surface area (Å²) in [5.74, 6) is -0.0929. The van der Waals surface area contributed by atoms with Crippen LogP contribution in [0.1, 0.15) is 40.0 Å². The Hall–Kier alpha value is -1.10. The summed E-state index contributed by atoms with van der Waals surface area (Å²) in [5.41, 5.74) is 5.59. The third kappa shape index (κ3) is 3.43. The van der Waals surface area contributed by atoms with Gasteiger partial charge in [-0.1, -0.05) is 27.2 Å². The lowest BCUT2D eigenvalue weighted by Gasteiger charge is -2.24. The van der Waals surface area contributed by atoms with Crippen LogP contribution in [0.15, 0.2) is 0 Å². The van der Waals surface area contributed by atoms with Crippen LogP contribution in [0.25, 0.3) is 0 Å². The first-order chi connectivity index (χ1) is 7.91. The lowest BCUT2D eigenvalue weighted by molar-refractivity contribution is -0.127. The minimum Gasteiger partial charge on any atom is -0.330 e. The zero-order valence-electron chi connectivity index (χ0n) is 11.0. The third-order valence-electron chi connectivity index (χ3n) is 3.25. The van der Waals surface area contributed by atoms with E-state index < -0.39 is 0 Å². The van der Waals surface area contributed by atoms with Gasteiger partial charge < -0.3 is 11.1 Å². The first kappa shape index (κ1) is 14.0. The molecule has 0 aliphatic carbocycles. The molecule has 0 aromatic heterocycles. The maximum atomic E-state index is 11.9. The zero-order valence-corrected chi connectivity index (χ0v) is 11.0. The first-order valence-electron chi connectivity index (χ1n) is 6.23. The van der Waals surface area contributed by atoms with Gasteiger partial charge in [0.2, 0.25) is 0 Å². The van der Waals surface area contributed by atoms with Crippen LogP contribution in [-0.2, 0) is 4.79 Å². The summed E-state index contributed by atoms with van der Waals surface area (Å²) < 4.78 is 0. The summed E-state index contributed by atoms with van der Waals surface area (Å²) in [6.45, 7) is 7.08. The van der Waals surface area contributed by atoms with Gasteiger partial charge in [-0.05, 0) is 24.8 Å². The van der Waals surface area contributed by atoms with Crippen molar-refractivity contribution in [2.24, 2.45) is 11.1 Å².